The van der Waals surface area contributed by atoms with Crippen LogP contribution in [-0.4, -0.2) is 40.5 Å². The molecule has 24 heavy (non-hydrogen) atoms. The van der Waals surface area contributed by atoms with E-state index in [1.807, 2.05) is 13.8 Å². The van der Waals surface area contributed by atoms with Crippen molar-refractivity contribution in [2.75, 3.05) is 18.9 Å². The van der Waals surface area contributed by atoms with E-state index in [-0.39, 0.29) is 23.3 Å². The molecule has 6 nitrogen and oxygen atoms in total. The monoisotopic (exact) mass is 367 g/mol. The van der Waals surface area contributed by atoms with Gasteiger partial charge in [-0.25, -0.2) is 4.98 Å². The van der Waals surface area contributed by atoms with Gasteiger partial charge in [-0.05, 0) is 32.3 Å². The molecule has 1 aliphatic rings. The molecule has 0 spiro atoms. The third-order valence-corrected chi connectivity index (χ3v) is 6.38. The number of carbonyl (C=O) groups is 1. The fraction of sp³-hybridized carbons (Fsp3) is 0.562. The number of ether oxygens (including phenoxy) is 1. The van der Waals surface area contributed by atoms with Crippen molar-refractivity contribution in [1.82, 2.24) is 14.9 Å². The number of fused-ring (bicyclic) bond motifs is 1. The minimum Gasteiger partial charge on any atom is -0.376 e. The van der Waals surface area contributed by atoms with Gasteiger partial charge in [-0.3, -0.25) is 14.2 Å². The molecular formula is C16H21N3O3S2. The molecule has 0 aromatic carbocycles. The van der Waals surface area contributed by atoms with Crippen LogP contribution in [0.25, 0.3) is 10.2 Å². The number of thiophene rings is 1. The summed E-state index contributed by atoms with van der Waals surface area (Å²) in [5, 5.41) is 4.14. The predicted molar refractivity (Wildman–Crippen MR) is 97.0 cm³/mol. The summed E-state index contributed by atoms with van der Waals surface area (Å²) in [5.74, 6) is 0.172. The second kappa shape index (κ2) is 7.25. The van der Waals surface area contributed by atoms with Crippen LogP contribution in [-0.2, 0) is 16.6 Å². The molecule has 1 N–H and O–H groups in total. The molecule has 1 unspecified atom stereocenters. The first-order chi connectivity index (χ1) is 11.5. The fourth-order valence-corrected chi connectivity index (χ4v) is 4.57. The van der Waals surface area contributed by atoms with Crippen molar-refractivity contribution in [3.8, 4) is 0 Å². The molecule has 1 saturated heterocycles. The van der Waals surface area contributed by atoms with Gasteiger partial charge < -0.3 is 10.1 Å². The molecule has 2 aromatic rings. The van der Waals surface area contributed by atoms with E-state index in [4.69, 9.17) is 4.74 Å². The van der Waals surface area contributed by atoms with Gasteiger partial charge in [0.15, 0.2) is 5.16 Å². The average Bonchev–Trinajstić information content (AvgIpc) is 3.16. The van der Waals surface area contributed by atoms with Crippen LogP contribution in [0.4, 0.5) is 0 Å². The normalized spacial score (nSPS) is 17.5. The van der Waals surface area contributed by atoms with E-state index < -0.39 is 0 Å². The largest absolute Gasteiger partial charge is 0.376 e. The van der Waals surface area contributed by atoms with E-state index in [2.05, 4.69) is 10.3 Å². The van der Waals surface area contributed by atoms with Gasteiger partial charge in [0, 0.05) is 25.1 Å². The van der Waals surface area contributed by atoms with Crippen molar-refractivity contribution in [2.24, 2.45) is 7.05 Å². The van der Waals surface area contributed by atoms with Crippen molar-refractivity contribution in [3.63, 3.8) is 0 Å². The summed E-state index contributed by atoms with van der Waals surface area (Å²) in [4.78, 5) is 30.9. The van der Waals surface area contributed by atoms with Gasteiger partial charge in [0.05, 0.1) is 17.2 Å². The standard InChI is InChI=1S/C16H21N3O3S2/c1-9-10(2)24-14-13(9)15(21)19(3)16(18-14)23-8-12(20)17-7-11-5-4-6-22-11/h11H,4-8H2,1-3H3,(H,17,20). The smallest absolute Gasteiger partial charge is 0.262 e. The Balaban J connectivity index is 1.67. The van der Waals surface area contributed by atoms with E-state index in [1.54, 1.807) is 7.05 Å². The van der Waals surface area contributed by atoms with Crippen molar-refractivity contribution >= 4 is 39.2 Å². The van der Waals surface area contributed by atoms with E-state index in [0.717, 1.165) is 34.7 Å². The van der Waals surface area contributed by atoms with Crippen LogP contribution in [0.15, 0.2) is 9.95 Å². The Kier molecular flexibility index (Phi) is 5.27. The molecule has 1 atom stereocenters. The number of aromatic nitrogens is 2. The number of aryl methyl sites for hydroxylation is 2. The first-order valence-electron chi connectivity index (χ1n) is 7.95. The molecule has 8 heteroatoms. The molecule has 0 aliphatic carbocycles. The first-order valence-corrected chi connectivity index (χ1v) is 9.75. The number of nitrogens with one attached hydrogen (secondary N) is 1. The Bertz CT molecular complexity index is 822. The average molecular weight is 367 g/mol. The second-order valence-electron chi connectivity index (χ2n) is 5.95. The van der Waals surface area contributed by atoms with Crippen LogP contribution >= 0.6 is 23.1 Å². The number of hydrogen-bond acceptors (Lipinski definition) is 6. The minimum absolute atomic E-state index is 0.0517. The van der Waals surface area contributed by atoms with Crippen LogP contribution in [0.2, 0.25) is 0 Å². The lowest BCUT2D eigenvalue weighted by Gasteiger charge is -2.11. The van der Waals surface area contributed by atoms with Crippen LogP contribution in [0.3, 0.4) is 0 Å². The topological polar surface area (TPSA) is 73.2 Å². The van der Waals surface area contributed by atoms with Gasteiger partial charge in [-0.1, -0.05) is 11.8 Å². The van der Waals surface area contributed by atoms with Crippen molar-refractivity contribution in [1.29, 1.82) is 0 Å². The maximum Gasteiger partial charge on any atom is 0.262 e. The van der Waals surface area contributed by atoms with Gasteiger partial charge in [0.25, 0.3) is 5.56 Å². The zero-order valence-corrected chi connectivity index (χ0v) is 15.7. The van der Waals surface area contributed by atoms with Crippen molar-refractivity contribution in [2.45, 2.75) is 37.9 Å². The molecule has 2 aromatic heterocycles. The minimum atomic E-state index is -0.0663. The fourth-order valence-electron chi connectivity index (χ4n) is 2.70. The molecule has 130 valence electrons. The Morgan fingerprint density at radius 2 is 2.29 bits per heavy atom. The van der Waals surface area contributed by atoms with Crippen LogP contribution < -0.4 is 10.9 Å². The highest BCUT2D eigenvalue weighted by Gasteiger charge is 2.18. The summed E-state index contributed by atoms with van der Waals surface area (Å²) in [5.41, 5.74) is 0.943. The summed E-state index contributed by atoms with van der Waals surface area (Å²) in [6.07, 6.45) is 2.19. The van der Waals surface area contributed by atoms with E-state index in [1.165, 1.54) is 27.7 Å². The third kappa shape index (κ3) is 3.50. The molecule has 3 heterocycles. The highest BCUT2D eigenvalue weighted by molar-refractivity contribution is 7.99. The first kappa shape index (κ1) is 17.4. The number of carbonyl (C=O) groups excluding carboxylic acids is 1. The van der Waals surface area contributed by atoms with Gasteiger partial charge in [0.2, 0.25) is 5.91 Å². The number of nitrogens with zero attached hydrogens (tertiary/aromatic N) is 2. The van der Waals surface area contributed by atoms with Gasteiger partial charge in [-0.2, -0.15) is 0 Å². The van der Waals surface area contributed by atoms with Gasteiger partial charge in [0.1, 0.15) is 4.83 Å². The second-order valence-corrected chi connectivity index (χ2v) is 8.10. The summed E-state index contributed by atoms with van der Waals surface area (Å²) < 4.78 is 7.01. The van der Waals surface area contributed by atoms with Gasteiger partial charge in [-0.15, -0.1) is 11.3 Å². The number of hydrogen-bond donors (Lipinski definition) is 1. The van der Waals surface area contributed by atoms with E-state index in [0.29, 0.717) is 17.1 Å². The summed E-state index contributed by atoms with van der Waals surface area (Å²) in [6, 6.07) is 0. The molecular weight excluding hydrogens is 346 g/mol. The molecule has 1 fully saturated rings. The number of rotatable bonds is 5. The molecule has 3 rings (SSSR count). The summed E-state index contributed by atoms with van der Waals surface area (Å²) in [7, 11) is 1.70. The van der Waals surface area contributed by atoms with Crippen LogP contribution in [0.5, 0.6) is 0 Å². The highest BCUT2D eigenvalue weighted by atomic mass is 32.2. The van der Waals surface area contributed by atoms with E-state index in [9.17, 15) is 9.59 Å². The lowest BCUT2D eigenvalue weighted by atomic mass is 10.2. The zero-order chi connectivity index (χ0) is 17.3. The van der Waals surface area contributed by atoms with Crippen LogP contribution in [0.1, 0.15) is 23.3 Å². The Morgan fingerprint density at radius 1 is 1.50 bits per heavy atom. The molecule has 0 radical (unpaired) electrons. The number of thioether (sulfide) groups is 1. The maximum atomic E-state index is 12.5. The highest BCUT2D eigenvalue weighted by Crippen LogP contribution is 2.27. The predicted octanol–water partition coefficient (Wildman–Crippen LogP) is 2.00. The number of amides is 1. The summed E-state index contributed by atoms with van der Waals surface area (Å²) >= 11 is 2.81. The van der Waals surface area contributed by atoms with Crippen molar-refractivity contribution in [3.05, 3.63) is 20.8 Å². The molecule has 0 saturated carbocycles. The lowest BCUT2D eigenvalue weighted by Crippen LogP contribution is -2.33. The van der Waals surface area contributed by atoms with Gasteiger partial charge >= 0.3 is 0 Å². The Morgan fingerprint density at radius 3 is 3.00 bits per heavy atom. The summed E-state index contributed by atoms with van der Waals surface area (Å²) in [6.45, 7) is 5.27. The van der Waals surface area contributed by atoms with E-state index >= 15 is 0 Å². The Labute approximate surface area is 148 Å². The van der Waals surface area contributed by atoms with Crippen molar-refractivity contribution < 1.29 is 9.53 Å². The molecule has 1 aliphatic heterocycles. The zero-order valence-electron chi connectivity index (χ0n) is 14.0. The molecule has 1 amide bonds. The van der Waals surface area contributed by atoms with Crippen LogP contribution in [0, 0.1) is 13.8 Å². The third-order valence-electron chi connectivity index (χ3n) is 4.25. The maximum absolute atomic E-state index is 12.5. The quantitative estimate of drug-likeness (QED) is 0.646. The molecule has 0 bridgehead atoms. The SMILES string of the molecule is Cc1sc2nc(SCC(=O)NCC3CCCO3)n(C)c(=O)c2c1C. The lowest BCUT2D eigenvalue weighted by molar-refractivity contribution is -0.119. The Hall–Kier alpha value is -1.38.